The third-order valence-corrected chi connectivity index (χ3v) is 5.13. The third-order valence-electron chi connectivity index (χ3n) is 2.99. The molecule has 0 spiro atoms. The lowest BCUT2D eigenvalue weighted by Crippen LogP contribution is -2.30. The van der Waals surface area contributed by atoms with Crippen molar-refractivity contribution < 1.29 is 18.3 Å². The van der Waals surface area contributed by atoms with E-state index in [4.69, 9.17) is 5.11 Å². The molecule has 0 aromatic rings. The first kappa shape index (κ1) is 13.4. The van der Waals surface area contributed by atoms with Crippen LogP contribution < -0.4 is 0 Å². The molecule has 1 atom stereocenters. The van der Waals surface area contributed by atoms with Crippen molar-refractivity contribution in [1.82, 2.24) is 4.90 Å². The molecule has 0 amide bonds. The topological polar surface area (TPSA) is 74.7 Å². The smallest absolute Gasteiger partial charge is 0.321 e. The summed E-state index contributed by atoms with van der Waals surface area (Å²) >= 11 is 0. The quantitative estimate of drug-likeness (QED) is 0.735. The molecule has 6 heteroatoms. The van der Waals surface area contributed by atoms with Gasteiger partial charge in [-0.05, 0) is 45.8 Å². The molecule has 1 fully saturated rings. The van der Waals surface area contributed by atoms with E-state index in [1.165, 1.54) is 19.8 Å². The van der Waals surface area contributed by atoms with Crippen LogP contribution in [0, 0.1) is 0 Å². The van der Waals surface area contributed by atoms with Crippen LogP contribution in [0.2, 0.25) is 0 Å². The lowest BCUT2D eigenvalue weighted by Gasteiger charge is -2.14. The Morgan fingerprint density at radius 1 is 1.38 bits per heavy atom. The molecule has 0 aliphatic carbocycles. The van der Waals surface area contributed by atoms with Crippen molar-refractivity contribution in [1.29, 1.82) is 0 Å². The number of rotatable bonds is 6. The maximum absolute atomic E-state index is 11.5. The van der Waals surface area contributed by atoms with Gasteiger partial charge in [0, 0.05) is 0 Å². The van der Waals surface area contributed by atoms with Gasteiger partial charge >= 0.3 is 5.97 Å². The van der Waals surface area contributed by atoms with Crippen LogP contribution in [0.4, 0.5) is 0 Å². The Morgan fingerprint density at radius 2 is 1.94 bits per heavy atom. The molecule has 1 aliphatic heterocycles. The van der Waals surface area contributed by atoms with E-state index < -0.39 is 21.1 Å². The molecular formula is C10H19NO4S. The number of carboxylic acids is 1. The predicted molar refractivity (Wildman–Crippen MR) is 61.2 cm³/mol. The van der Waals surface area contributed by atoms with Crippen molar-refractivity contribution in [2.75, 3.05) is 25.4 Å². The van der Waals surface area contributed by atoms with Gasteiger partial charge in [-0.3, -0.25) is 4.79 Å². The summed E-state index contributed by atoms with van der Waals surface area (Å²) in [7, 11) is -3.48. The zero-order valence-corrected chi connectivity index (χ0v) is 10.4. The number of nitrogens with zero attached hydrogens (tertiary/aromatic N) is 1. The highest BCUT2D eigenvalue weighted by molar-refractivity contribution is 7.92. The lowest BCUT2D eigenvalue weighted by atomic mass is 10.4. The largest absolute Gasteiger partial charge is 0.480 e. The molecule has 1 N–H and O–H groups in total. The van der Waals surface area contributed by atoms with Crippen molar-refractivity contribution in [2.24, 2.45) is 0 Å². The van der Waals surface area contributed by atoms with Gasteiger partial charge in [-0.1, -0.05) is 0 Å². The number of sulfone groups is 1. The predicted octanol–water partition coefficient (Wildman–Crippen LogP) is 0.360. The van der Waals surface area contributed by atoms with E-state index in [1.54, 1.807) is 0 Å². The third kappa shape index (κ3) is 3.75. The van der Waals surface area contributed by atoms with E-state index in [0.717, 1.165) is 19.6 Å². The monoisotopic (exact) mass is 249 g/mol. The van der Waals surface area contributed by atoms with Crippen LogP contribution >= 0.6 is 0 Å². The molecule has 0 bridgehead atoms. The Hall–Kier alpha value is -0.620. The standard InChI is InChI=1S/C10H19NO4S/c1-9(10(12)13)16(14,15)8-4-7-11-5-2-3-6-11/h9H,2-8H2,1H3,(H,12,13). The second-order valence-electron chi connectivity index (χ2n) is 4.25. The minimum absolute atomic E-state index is 0.0308. The molecule has 16 heavy (non-hydrogen) atoms. The van der Waals surface area contributed by atoms with E-state index in [-0.39, 0.29) is 5.75 Å². The number of carboxylic acid groups (broad SMARTS) is 1. The maximum Gasteiger partial charge on any atom is 0.321 e. The number of carbonyl (C=O) groups is 1. The van der Waals surface area contributed by atoms with E-state index >= 15 is 0 Å². The first-order chi connectivity index (χ1) is 7.43. The first-order valence-corrected chi connectivity index (χ1v) is 7.32. The summed E-state index contributed by atoms with van der Waals surface area (Å²) in [5.74, 6) is -1.29. The van der Waals surface area contributed by atoms with Crippen molar-refractivity contribution in [3.8, 4) is 0 Å². The van der Waals surface area contributed by atoms with Crippen LogP contribution in [0.15, 0.2) is 0 Å². The molecule has 0 radical (unpaired) electrons. The SMILES string of the molecule is CC(C(=O)O)S(=O)(=O)CCCN1CCCC1. The van der Waals surface area contributed by atoms with Gasteiger partial charge in [0.15, 0.2) is 15.1 Å². The van der Waals surface area contributed by atoms with Gasteiger partial charge in [-0.2, -0.15) is 0 Å². The van der Waals surface area contributed by atoms with E-state index in [1.807, 2.05) is 0 Å². The fraction of sp³-hybridized carbons (Fsp3) is 0.900. The van der Waals surface area contributed by atoms with Gasteiger partial charge in [0.05, 0.1) is 5.75 Å². The van der Waals surface area contributed by atoms with Gasteiger partial charge in [0.1, 0.15) is 0 Å². The summed E-state index contributed by atoms with van der Waals surface area (Å²) in [6.45, 7) is 4.06. The molecule has 1 unspecified atom stereocenters. The van der Waals surface area contributed by atoms with Crippen LogP contribution in [-0.4, -0.2) is 55.0 Å². The molecule has 0 aromatic carbocycles. The zero-order valence-electron chi connectivity index (χ0n) is 9.55. The van der Waals surface area contributed by atoms with Gasteiger partial charge < -0.3 is 10.0 Å². The Balaban J connectivity index is 2.33. The Kier molecular flexibility index (Phi) is 4.73. The normalized spacial score (nSPS) is 19.8. The number of hydrogen-bond acceptors (Lipinski definition) is 4. The summed E-state index contributed by atoms with van der Waals surface area (Å²) in [4.78, 5) is 12.8. The number of hydrogen-bond donors (Lipinski definition) is 1. The van der Waals surface area contributed by atoms with E-state index in [0.29, 0.717) is 6.42 Å². The fourth-order valence-corrected chi connectivity index (χ4v) is 3.02. The molecule has 0 aromatic heterocycles. The van der Waals surface area contributed by atoms with Gasteiger partial charge in [-0.15, -0.1) is 0 Å². The van der Waals surface area contributed by atoms with Crippen LogP contribution in [-0.2, 0) is 14.6 Å². The maximum atomic E-state index is 11.5. The molecular weight excluding hydrogens is 230 g/mol. The average molecular weight is 249 g/mol. The molecule has 94 valence electrons. The molecule has 1 rings (SSSR count). The van der Waals surface area contributed by atoms with Crippen molar-refractivity contribution in [3.63, 3.8) is 0 Å². The highest BCUT2D eigenvalue weighted by atomic mass is 32.2. The Labute approximate surface area is 96.4 Å². The summed E-state index contributed by atoms with van der Waals surface area (Å²) in [5.41, 5.74) is 0. The van der Waals surface area contributed by atoms with Crippen molar-refractivity contribution in [3.05, 3.63) is 0 Å². The van der Waals surface area contributed by atoms with Crippen LogP contribution in [0.5, 0.6) is 0 Å². The molecule has 1 heterocycles. The number of aliphatic carboxylic acids is 1. The molecule has 1 saturated heterocycles. The summed E-state index contributed by atoms with van der Waals surface area (Å²) < 4.78 is 23.1. The Morgan fingerprint density at radius 3 is 2.44 bits per heavy atom. The second-order valence-corrected chi connectivity index (χ2v) is 6.69. The Bertz CT molecular complexity index is 333. The van der Waals surface area contributed by atoms with E-state index in [9.17, 15) is 13.2 Å². The van der Waals surface area contributed by atoms with Crippen LogP contribution in [0.25, 0.3) is 0 Å². The van der Waals surface area contributed by atoms with E-state index in [2.05, 4.69) is 4.90 Å². The number of likely N-dealkylation sites (tertiary alicyclic amines) is 1. The zero-order chi connectivity index (χ0) is 12.2. The highest BCUT2D eigenvalue weighted by Gasteiger charge is 2.27. The summed E-state index contributed by atoms with van der Waals surface area (Å²) in [5, 5.41) is 7.35. The summed E-state index contributed by atoms with van der Waals surface area (Å²) in [6, 6.07) is 0. The average Bonchev–Trinajstić information content (AvgIpc) is 2.69. The van der Waals surface area contributed by atoms with Crippen molar-refractivity contribution >= 4 is 15.8 Å². The lowest BCUT2D eigenvalue weighted by molar-refractivity contribution is -0.136. The fourth-order valence-electron chi connectivity index (χ4n) is 1.83. The summed E-state index contributed by atoms with van der Waals surface area (Å²) in [6.07, 6.45) is 2.89. The van der Waals surface area contributed by atoms with Gasteiger partial charge in [-0.25, -0.2) is 8.42 Å². The molecule has 1 aliphatic rings. The minimum atomic E-state index is -3.48. The van der Waals surface area contributed by atoms with Gasteiger partial charge in [0.25, 0.3) is 0 Å². The van der Waals surface area contributed by atoms with Crippen LogP contribution in [0.1, 0.15) is 26.2 Å². The highest BCUT2D eigenvalue weighted by Crippen LogP contribution is 2.09. The molecule has 0 saturated carbocycles. The van der Waals surface area contributed by atoms with Crippen molar-refractivity contribution in [2.45, 2.75) is 31.4 Å². The first-order valence-electron chi connectivity index (χ1n) is 5.60. The second kappa shape index (κ2) is 5.63. The minimum Gasteiger partial charge on any atom is -0.480 e. The van der Waals surface area contributed by atoms with Gasteiger partial charge in [0.2, 0.25) is 0 Å². The van der Waals surface area contributed by atoms with Crippen LogP contribution in [0.3, 0.4) is 0 Å². The molecule has 5 nitrogen and oxygen atoms in total.